The smallest absolute Gasteiger partial charge is 0.128 e. The topological polar surface area (TPSA) is 33.9 Å². The third kappa shape index (κ3) is 3.81. The van der Waals surface area contributed by atoms with Gasteiger partial charge in [0.15, 0.2) is 0 Å². The summed E-state index contributed by atoms with van der Waals surface area (Å²) in [6.07, 6.45) is 5.00. The summed E-state index contributed by atoms with van der Waals surface area (Å²) in [6, 6.07) is 15.3. The Balaban J connectivity index is 1.72. The highest BCUT2D eigenvalue weighted by molar-refractivity contribution is 5.36. The summed E-state index contributed by atoms with van der Waals surface area (Å²) in [4.78, 5) is 1.40. The maximum Gasteiger partial charge on any atom is 0.128 e. The molecule has 2 aliphatic rings. The Labute approximate surface area is 167 Å². The zero-order valence-electron chi connectivity index (χ0n) is 16.7. The van der Waals surface area contributed by atoms with Crippen molar-refractivity contribution in [1.29, 1.82) is 0 Å². The lowest BCUT2D eigenvalue weighted by atomic mass is 9.66. The zero-order chi connectivity index (χ0) is 19.6. The van der Waals surface area contributed by atoms with Crippen molar-refractivity contribution in [1.82, 2.24) is 0 Å². The Bertz CT molecular complexity index is 811. The number of fused-ring (bicyclic) bond motifs is 1. The average molecular weight is 385 g/mol. The summed E-state index contributed by atoms with van der Waals surface area (Å²) in [5, 5.41) is 11.5. The van der Waals surface area contributed by atoms with E-state index in [0.29, 0.717) is 6.61 Å². The minimum atomic E-state index is -0.590. The number of para-hydroxylation sites is 1. The molecule has 2 aromatic carbocycles. The van der Waals surface area contributed by atoms with Gasteiger partial charge in [0.2, 0.25) is 0 Å². The van der Waals surface area contributed by atoms with Crippen molar-refractivity contribution in [3.8, 4) is 5.75 Å². The van der Waals surface area contributed by atoms with Crippen LogP contribution in [0.3, 0.4) is 0 Å². The number of ether oxygens (including phenoxy) is 1. The summed E-state index contributed by atoms with van der Waals surface area (Å²) >= 11 is 0. The van der Waals surface area contributed by atoms with Crippen molar-refractivity contribution >= 4 is 0 Å². The van der Waals surface area contributed by atoms with Gasteiger partial charge in [0.25, 0.3) is 0 Å². The van der Waals surface area contributed by atoms with Crippen LogP contribution in [-0.2, 0) is 6.54 Å². The van der Waals surface area contributed by atoms with Gasteiger partial charge in [-0.25, -0.2) is 4.39 Å². The second-order valence-corrected chi connectivity index (χ2v) is 8.37. The minimum Gasteiger partial charge on any atom is -0.493 e. The molecule has 0 bridgehead atoms. The maximum atomic E-state index is 13.8. The van der Waals surface area contributed by atoms with Gasteiger partial charge < -0.3 is 14.7 Å². The van der Waals surface area contributed by atoms with Crippen LogP contribution >= 0.6 is 0 Å². The van der Waals surface area contributed by atoms with Gasteiger partial charge in [-0.3, -0.25) is 0 Å². The number of quaternary nitrogens is 1. The van der Waals surface area contributed by atoms with Crippen molar-refractivity contribution in [2.45, 2.75) is 57.2 Å². The van der Waals surface area contributed by atoms with Crippen LogP contribution < -0.4 is 9.64 Å². The van der Waals surface area contributed by atoms with E-state index >= 15 is 0 Å². The van der Waals surface area contributed by atoms with Crippen LogP contribution in [0.2, 0.25) is 0 Å². The Morgan fingerprint density at radius 1 is 1.14 bits per heavy atom. The van der Waals surface area contributed by atoms with E-state index in [9.17, 15) is 9.50 Å². The summed E-state index contributed by atoms with van der Waals surface area (Å²) in [7, 11) is 0. The third-order valence-electron chi connectivity index (χ3n) is 6.66. The minimum absolute atomic E-state index is 0.157. The van der Waals surface area contributed by atoms with Crippen LogP contribution in [0, 0.1) is 11.7 Å². The molecule has 1 saturated carbocycles. The predicted molar refractivity (Wildman–Crippen MR) is 108 cm³/mol. The molecule has 0 aromatic heterocycles. The van der Waals surface area contributed by atoms with E-state index in [1.807, 2.05) is 25.1 Å². The fourth-order valence-electron chi connectivity index (χ4n) is 5.42. The second-order valence-electron chi connectivity index (χ2n) is 8.37. The lowest BCUT2D eigenvalue weighted by molar-refractivity contribution is -0.958. The van der Waals surface area contributed by atoms with Gasteiger partial charge in [0.05, 0.1) is 24.3 Å². The first-order chi connectivity index (χ1) is 13.6. The average Bonchev–Trinajstić information content (AvgIpc) is 2.69. The fourth-order valence-corrected chi connectivity index (χ4v) is 5.42. The summed E-state index contributed by atoms with van der Waals surface area (Å²) < 4.78 is 19.7. The van der Waals surface area contributed by atoms with E-state index in [0.717, 1.165) is 56.5 Å². The molecule has 0 radical (unpaired) electrons. The number of halogens is 1. The van der Waals surface area contributed by atoms with Crippen LogP contribution in [-0.4, -0.2) is 23.9 Å². The molecule has 0 spiro atoms. The van der Waals surface area contributed by atoms with Gasteiger partial charge in [-0.05, 0) is 44.0 Å². The van der Waals surface area contributed by atoms with E-state index in [4.69, 9.17) is 4.74 Å². The van der Waals surface area contributed by atoms with Crippen LogP contribution in [0.4, 0.5) is 4.39 Å². The van der Waals surface area contributed by atoms with Crippen LogP contribution in [0.25, 0.3) is 0 Å². The summed E-state index contributed by atoms with van der Waals surface area (Å²) in [6.45, 7) is 4.27. The summed E-state index contributed by atoms with van der Waals surface area (Å²) in [5.41, 5.74) is 1.60. The first-order valence-electron chi connectivity index (χ1n) is 10.6. The number of hydrogen-bond acceptors (Lipinski definition) is 2. The van der Waals surface area contributed by atoms with Gasteiger partial charge in [0.1, 0.15) is 24.2 Å². The number of rotatable bonds is 5. The molecule has 4 atom stereocenters. The molecule has 28 heavy (non-hydrogen) atoms. The largest absolute Gasteiger partial charge is 0.493 e. The molecule has 1 aliphatic heterocycles. The lowest BCUT2D eigenvalue weighted by Gasteiger charge is -2.50. The fraction of sp³-hybridized carbons (Fsp3) is 0.500. The Kier molecular flexibility index (Phi) is 5.70. The third-order valence-corrected chi connectivity index (χ3v) is 6.66. The molecule has 1 aliphatic carbocycles. The molecule has 2 fully saturated rings. The summed E-state index contributed by atoms with van der Waals surface area (Å²) in [5.74, 6) is 0.941. The second kappa shape index (κ2) is 8.22. The van der Waals surface area contributed by atoms with Gasteiger partial charge in [-0.2, -0.15) is 0 Å². The predicted octanol–water partition coefficient (Wildman–Crippen LogP) is 3.68. The molecule has 0 amide bonds. The van der Waals surface area contributed by atoms with Crippen molar-refractivity contribution in [3.63, 3.8) is 0 Å². The highest BCUT2D eigenvalue weighted by Crippen LogP contribution is 2.45. The molecular formula is C24H31FNO2+. The molecule has 1 saturated heterocycles. The zero-order valence-corrected chi connectivity index (χ0v) is 16.7. The highest BCUT2D eigenvalue weighted by atomic mass is 19.1. The molecule has 1 heterocycles. The van der Waals surface area contributed by atoms with Crippen LogP contribution in [0.1, 0.15) is 56.2 Å². The Morgan fingerprint density at radius 3 is 2.82 bits per heavy atom. The van der Waals surface area contributed by atoms with Crippen LogP contribution in [0.15, 0.2) is 48.5 Å². The van der Waals surface area contributed by atoms with E-state index < -0.39 is 5.60 Å². The quantitative estimate of drug-likeness (QED) is 0.825. The van der Waals surface area contributed by atoms with E-state index in [2.05, 4.69) is 12.1 Å². The molecule has 2 N–H and O–H groups in total. The van der Waals surface area contributed by atoms with Crippen molar-refractivity contribution in [3.05, 3.63) is 65.5 Å². The van der Waals surface area contributed by atoms with Crippen molar-refractivity contribution < 1.29 is 19.1 Å². The first-order valence-corrected chi connectivity index (χ1v) is 10.6. The number of likely N-dealkylation sites (tertiary alicyclic amines) is 1. The number of benzene rings is 2. The van der Waals surface area contributed by atoms with Crippen molar-refractivity contribution in [2.75, 3.05) is 13.2 Å². The molecule has 4 heteroatoms. The molecule has 2 aromatic rings. The van der Waals surface area contributed by atoms with Crippen molar-refractivity contribution in [2.24, 2.45) is 5.92 Å². The molecule has 3 nitrogen and oxygen atoms in total. The molecule has 1 unspecified atom stereocenters. The van der Waals surface area contributed by atoms with Crippen LogP contribution in [0.5, 0.6) is 5.75 Å². The number of hydrogen-bond donors (Lipinski definition) is 2. The molecule has 4 rings (SSSR count). The molecular weight excluding hydrogens is 353 g/mol. The first kappa shape index (κ1) is 19.4. The number of nitrogens with one attached hydrogen (secondary N) is 1. The standard InChI is InChI=1S/C24H30FNO2/c1-2-28-22-12-4-3-10-20(22)23-21-11-5-6-13-24(21,27)14-15-26(23)17-18-8-7-9-19(25)16-18/h3-4,7-10,12,16,21,23,27H,2,5-6,11,13-15,17H2,1H3/p+1/t21-,23-,24+/m0/s1. The Morgan fingerprint density at radius 2 is 2.00 bits per heavy atom. The normalized spacial score (nSPS) is 29.9. The Hall–Kier alpha value is -1.91. The van der Waals surface area contributed by atoms with Gasteiger partial charge in [-0.15, -0.1) is 0 Å². The van der Waals surface area contributed by atoms with Gasteiger partial charge in [0, 0.05) is 17.9 Å². The monoisotopic (exact) mass is 384 g/mol. The van der Waals surface area contributed by atoms with E-state index in [1.165, 1.54) is 16.5 Å². The lowest BCUT2D eigenvalue weighted by Crippen LogP contribution is -3.13. The number of piperidine rings is 1. The molecule has 150 valence electrons. The highest BCUT2D eigenvalue weighted by Gasteiger charge is 2.52. The number of aliphatic hydroxyl groups is 1. The van der Waals surface area contributed by atoms with E-state index in [-0.39, 0.29) is 17.8 Å². The van der Waals surface area contributed by atoms with E-state index in [1.54, 1.807) is 12.1 Å². The van der Waals surface area contributed by atoms with Gasteiger partial charge >= 0.3 is 0 Å². The van der Waals surface area contributed by atoms with Gasteiger partial charge in [-0.1, -0.05) is 37.1 Å². The SMILES string of the molecule is CCOc1ccccc1[C@H]1[C@@H]2CCCC[C@@]2(O)CC[NH+]1Cc1cccc(F)c1. The maximum absolute atomic E-state index is 13.8.